The normalized spacial score (nSPS) is 12.1. The topological polar surface area (TPSA) is 76.0 Å². The number of imidazole rings is 1. The number of aromatic nitrogens is 2. The molecule has 0 fully saturated rings. The molecule has 7 heteroatoms. The lowest BCUT2D eigenvalue weighted by atomic mass is 10.1. The molecule has 2 aromatic carbocycles. The van der Waals surface area contributed by atoms with Crippen molar-refractivity contribution >= 4 is 34.2 Å². The van der Waals surface area contributed by atoms with Crippen LogP contribution in [-0.4, -0.2) is 27.4 Å². The molecule has 0 unspecified atom stereocenters. The van der Waals surface area contributed by atoms with Crippen LogP contribution in [0.2, 0.25) is 0 Å². The second-order valence-electron chi connectivity index (χ2n) is 9.35. The van der Waals surface area contributed by atoms with Crippen LogP contribution in [0.15, 0.2) is 66.0 Å². The summed E-state index contributed by atoms with van der Waals surface area (Å²) < 4.78 is 2.34. The van der Waals surface area contributed by atoms with E-state index in [0.29, 0.717) is 24.6 Å². The molecule has 2 N–H and O–H groups in total. The van der Waals surface area contributed by atoms with Gasteiger partial charge in [0, 0.05) is 29.4 Å². The summed E-state index contributed by atoms with van der Waals surface area (Å²) in [5, 5.41) is 8.00. The molecule has 0 radical (unpaired) electrons. The highest BCUT2D eigenvalue weighted by atomic mass is 32.1. The second kappa shape index (κ2) is 12.7. The average molecular weight is 517 g/mol. The molecule has 2 aromatic heterocycles. The first kappa shape index (κ1) is 26.6. The maximum absolute atomic E-state index is 13.2. The largest absolute Gasteiger partial charge is 0.350 e. The van der Waals surface area contributed by atoms with Gasteiger partial charge in [-0.1, -0.05) is 63.6 Å². The number of fused-ring (bicyclic) bond motifs is 1. The van der Waals surface area contributed by atoms with Crippen molar-refractivity contribution in [2.45, 2.75) is 71.5 Å². The number of benzene rings is 2. The van der Waals surface area contributed by atoms with Crippen LogP contribution < -0.4 is 10.6 Å². The smallest absolute Gasteiger partial charge is 0.252 e. The number of hydrogen-bond acceptors (Lipinski definition) is 4. The van der Waals surface area contributed by atoms with Crippen LogP contribution in [0.3, 0.4) is 0 Å². The van der Waals surface area contributed by atoms with Gasteiger partial charge in [-0.05, 0) is 54.5 Å². The van der Waals surface area contributed by atoms with Crippen molar-refractivity contribution in [2.24, 2.45) is 0 Å². The summed E-state index contributed by atoms with van der Waals surface area (Å²) in [6.45, 7) is 6.85. The van der Waals surface area contributed by atoms with E-state index in [-0.39, 0.29) is 11.8 Å². The molecule has 4 aromatic rings. The fourth-order valence-electron chi connectivity index (χ4n) is 4.75. The maximum atomic E-state index is 13.2. The van der Waals surface area contributed by atoms with Crippen LogP contribution in [-0.2, 0) is 17.8 Å². The van der Waals surface area contributed by atoms with Gasteiger partial charge in [-0.25, -0.2) is 4.98 Å². The van der Waals surface area contributed by atoms with Crippen molar-refractivity contribution in [1.29, 1.82) is 0 Å². The molecule has 0 spiro atoms. The summed E-state index contributed by atoms with van der Waals surface area (Å²) in [4.78, 5) is 32.3. The number of carbonyl (C=O) groups excluding carboxylic acids is 2. The van der Waals surface area contributed by atoms with Crippen molar-refractivity contribution in [3.05, 3.63) is 87.9 Å². The molecular weight excluding hydrogens is 480 g/mol. The number of nitrogens with zero attached hydrogens (tertiary/aromatic N) is 2. The second-order valence-corrected chi connectivity index (χ2v) is 10.4. The first-order valence-corrected chi connectivity index (χ1v) is 14.1. The highest BCUT2D eigenvalue weighted by Gasteiger charge is 2.22. The highest BCUT2D eigenvalue weighted by Crippen LogP contribution is 2.28. The summed E-state index contributed by atoms with van der Waals surface area (Å²) in [5.74, 6) is 0.594. The van der Waals surface area contributed by atoms with Gasteiger partial charge in [-0.15, -0.1) is 11.3 Å². The number of nitrogens with one attached hydrogen (secondary N) is 2. The van der Waals surface area contributed by atoms with Crippen LogP contribution >= 0.6 is 11.3 Å². The lowest BCUT2D eigenvalue weighted by molar-refractivity contribution is -0.123. The van der Waals surface area contributed by atoms with E-state index in [1.807, 2.05) is 55.5 Å². The van der Waals surface area contributed by atoms with E-state index in [4.69, 9.17) is 4.98 Å². The Morgan fingerprint density at radius 2 is 1.78 bits per heavy atom. The lowest BCUT2D eigenvalue weighted by Crippen LogP contribution is -2.46. The fourth-order valence-corrected chi connectivity index (χ4v) is 5.45. The van der Waals surface area contributed by atoms with E-state index in [9.17, 15) is 9.59 Å². The van der Waals surface area contributed by atoms with Crippen LogP contribution in [0.5, 0.6) is 0 Å². The first-order valence-electron chi connectivity index (χ1n) is 13.2. The van der Waals surface area contributed by atoms with Gasteiger partial charge in [0.15, 0.2) is 0 Å². The van der Waals surface area contributed by atoms with Gasteiger partial charge in [0.2, 0.25) is 5.91 Å². The Morgan fingerprint density at radius 3 is 2.46 bits per heavy atom. The van der Waals surface area contributed by atoms with Gasteiger partial charge in [-0.2, -0.15) is 0 Å². The zero-order chi connectivity index (χ0) is 26.2. The van der Waals surface area contributed by atoms with Crippen LogP contribution in [0.4, 0.5) is 0 Å². The molecule has 4 rings (SSSR count). The first-order chi connectivity index (χ1) is 18.0. The summed E-state index contributed by atoms with van der Waals surface area (Å²) in [7, 11) is 0. The average Bonchev–Trinajstić information content (AvgIpc) is 3.56. The molecule has 0 aliphatic heterocycles. The van der Waals surface area contributed by atoms with Gasteiger partial charge in [-0.3, -0.25) is 9.59 Å². The molecular formula is C30H36N4O2S. The Morgan fingerprint density at radius 1 is 1.00 bits per heavy atom. The molecule has 2 heterocycles. The van der Waals surface area contributed by atoms with Gasteiger partial charge >= 0.3 is 0 Å². The Bertz CT molecular complexity index is 1310. The molecule has 37 heavy (non-hydrogen) atoms. The van der Waals surface area contributed by atoms with E-state index in [1.54, 1.807) is 11.3 Å². The van der Waals surface area contributed by atoms with Crippen LogP contribution in [0.1, 0.15) is 79.1 Å². The van der Waals surface area contributed by atoms with Crippen molar-refractivity contribution in [3.63, 3.8) is 0 Å². The number of amides is 2. The SMILES string of the molecule is CCC[C@H](NC(=O)c1ccc2c(c1)nc(Cc1cccs1)n2C(CC)CC)C(=O)NCc1ccccc1. The van der Waals surface area contributed by atoms with Crippen molar-refractivity contribution in [1.82, 2.24) is 20.2 Å². The molecule has 0 bridgehead atoms. The van der Waals surface area contributed by atoms with Crippen LogP contribution in [0.25, 0.3) is 11.0 Å². The van der Waals surface area contributed by atoms with Gasteiger partial charge < -0.3 is 15.2 Å². The third kappa shape index (κ3) is 6.46. The Balaban J connectivity index is 1.54. The molecule has 1 atom stereocenters. The van der Waals surface area contributed by atoms with E-state index in [0.717, 1.165) is 48.1 Å². The summed E-state index contributed by atoms with van der Waals surface area (Å²) >= 11 is 1.73. The lowest BCUT2D eigenvalue weighted by Gasteiger charge is -2.19. The van der Waals surface area contributed by atoms with E-state index in [1.165, 1.54) is 4.88 Å². The number of thiophene rings is 1. The Labute approximate surface area is 223 Å². The Hall–Kier alpha value is -3.45. The summed E-state index contributed by atoms with van der Waals surface area (Å²) in [6.07, 6.45) is 4.15. The van der Waals surface area contributed by atoms with E-state index in [2.05, 4.69) is 46.6 Å². The maximum Gasteiger partial charge on any atom is 0.252 e. The summed E-state index contributed by atoms with van der Waals surface area (Å²) in [6, 6.07) is 19.4. The molecule has 0 saturated carbocycles. The standard InChI is InChI=1S/C30H36N4O2S/c1-4-11-25(30(36)31-20-21-12-8-7-9-13-21)33-29(35)22-15-16-27-26(18-22)32-28(19-24-14-10-17-37-24)34(27)23(5-2)6-3/h7-10,12-18,23,25H,4-6,11,19-20H2,1-3H3,(H,31,36)(H,33,35)/t25-/m0/s1. The van der Waals surface area contributed by atoms with Gasteiger partial charge in [0.05, 0.1) is 11.0 Å². The molecule has 2 amide bonds. The zero-order valence-corrected chi connectivity index (χ0v) is 22.7. The van der Waals surface area contributed by atoms with Crippen molar-refractivity contribution < 1.29 is 9.59 Å². The number of carbonyl (C=O) groups is 2. The minimum absolute atomic E-state index is 0.170. The number of hydrogen-bond donors (Lipinski definition) is 2. The molecule has 6 nitrogen and oxygen atoms in total. The Kier molecular flexibility index (Phi) is 9.12. The van der Waals surface area contributed by atoms with E-state index >= 15 is 0 Å². The molecule has 0 saturated heterocycles. The van der Waals surface area contributed by atoms with Crippen molar-refractivity contribution in [2.75, 3.05) is 0 Å². The van der Waals surface area contributed by atoms with Gasteiger partial charge in [0.1, 0.15) is 11.9 Å². The quantitative estimate of drug-likeness (QED) is 0.233. The minimum atomic E-state index is -0.589. The minimum Gasteiger partial charge on any atom is -0.350 e. The monoisotopic (exact) mass is 516 g/mol. The molecule has 194 valence electrons. The molecule has 0 aliphatic carbocycles. The van der Waals surface area contributed by atoms with Crippen molar-refractivity contribution in [3.8, 4) is 0 Å². The van der Waals surface area contributed by atoms with Gasteiger partial charge in [0.25, 0.3) is 5.91 Å². The highest BCUT2D eigenvalue weighted by molar-refractivity contribution is 7.09. The summed E-state index contributed by atoms with van der Waals surface area (Å²) in [5.41, 5.74) is 3.39. The third-order valence-corrected chi connectivity index (χ3v) is 7.63. The van der Waals surface area contributed by atoms with E-state index < -0.39 is 6.04 Å². The molecule has 0 aliphatic rings. The predicted octanol–water partition coefficient (Wildman–Crippen LogP) is 6.26. The fraction of sp³-hybridized carbons (Fsp3) is 0.367. The predicted molar refractivity (Wildman–Crippen MR) is 151 cm³/mol. The third-order valence-electron chi connectivity index (χ3n) is 6.75. The zero-order valence-electron chi connectivity index (χ0n) is 21.9. The van der Waals surface area contributed by atoms with Crippen LogP contribution in [0, 0.1) is 0 Å². The number of rotatable bonds is 12.